The van der Waals surface area contributed by atoms with Gasteiger partial charge in [0.25, 0.3) is 0 Å². The number of hydrogen-bond acceptors (Lipinski definition) is 1. The maximum Gasteiger partial charge on any atom is 0.123 e. The van der Waals surface area contributed by atoms with Gasteiger partial charge in [0.15, 0.2) is 0 Å². The highest BCUT2D eigenvalue weighted by Gasteiger charge is 2.28. The van der Waals surface area contributed by atoms with Crippen LogP contribution >= 0.6 is 0 Å². The summed E-state index contributed by atoms with van der Waals surface area (Å²) >= 11 is 0. The molecule has 0 heterocycles. The van der Waals surface area contributed by atoms with Crippen molar-refractivity contribution in [2.45, 2.75) is 39.5 Å². The van der Waals surface area contributed by atoms with Crippen LogP contribution in [-0.2, 0) is 4.79 Å². The number of carbonyl (C=O) groups is 1. The average molecular weight is 180 g/mol. The highest BCUT2D eigenvalue weighted by molar-refractivity contribution is 5.54. The first-order valence-electron chi connectivity index (χ1n) is 5.36. The van der Waals surface area contributed by atoms with Crippen molar-refractivity contribution in [2.75, 3.05) is 0 Å². The number of allylic oxidation sites excluding steroid dienone is 2. The molecule has 0 spiro atoms. The van der Waals surface area contributed by atoms with Crippen molar-refractivity contribution in [3.8, 4) is 0 Å². The molecule has 1 fully saturated rings. The molecule has 0 bridgehead atoms. The number of hydrogen-bond donors (Lipinski definition) is 0. The van der Waals surface area contributed by atoms with E-state index in [2.05, 4.69) is 19.1 Å². The average Bonchev–Trinajstić information content (AvgIpc) is 2.15. The Morgan fingerprint density at radius 2 is 2.15 bits per heavy atom. The molecule has 74 valence electrons. The molecule has 0 saturated heterocycles. The molecule has 0 N–H and O–H groups in total. The zero-order chi connectivity index (χ0) is 9.68. The van der Waals surface area contributed by atoms with Crippen LogP contribution in [0.1, 0.15) is 39.5 Å². The van der Waals surface area contributed by atoms with Gasteiger partial charge in [-0.3, -0.25) is 0 Å². The molecule has 0 amide bonds. The second-order valence-electron chi connectivity index (χ2n) is 4.18. The third-order valence-corrected chi connectivity index (χ3v) is 3.30. The third kappa shape index (κ3) is 2.68. The smallest absolute Gasteiger partial charge is 0.123 e. The van der Waals surface area contributed by atoms with Crippen molar-refractivity contribution in [3.05, 3.63) is 12.2 Å². The third-order valence-electron chi connectivity index (χ3n) is 3.30. The van der Waals surface area contributed by atoms with Gasteiger partial charge < -0.3 is 4.79 Å². The van der Waals surface area contributed by atoms with Gasteiger partial charge in [-0.15, -0.1) is 0 Å². The van der Waals surface area contributed by atoms with Crippen LogP contribution in [-0.4, -0.2) is 6.29 Å². The van der Waals surface area contributed by atoms with Gasteiger partial charge in [-0.1, -0.05) is 31.9 Å². The Bertz CT molecular complexity index is 184. The lowest BCUT2D eigenvalue weighted by molar-refractivity contribution is -0.114. The fourth-order valence-electron chi connectivity index (χ4n) is 2.39. The van der Waals surface area contributed by atoms with Gasteiger partial charge in [-0.25, -0.2) is 0 Å². The van der Waals surface area contributed by atoms with Crippen molar-refractivity contribution < 1.29 is 4.79 Å². The maximum absolute atomic E-state index is 10.9. The van der Waals surface area contributed by atoms with Crippen LogP contribution in [0.5, 0.6) is 0 Å². The first-order valence-corrected chi connectivity index (χ1v) is 5.36. The quantitative estimate of drug-likeness (QED) is 0.481. The van der Waals surface area contributed by atoms with Gasteiger partial charge in [-0.2, -0.15) is 0 Å². The van der Waals surface area contributed by atoms with Crippen LogP contribution < -0.4 is 0 Å². The number of aldehydes is 1. The molecule has 0 aromatic heterocycles. The normalized spacial score (nSPS) is 35.1. The summed E-state index contributed by atoms with van der Waals surface area (Å²) in [5.41, 5.74) is 0. The fourth-order valence-corrected chi connectivity index (χ4v) is 2.39. The molecule has 0 aromatic rings. The molecular formula is C12H20O. The van der Waals surface area contributed by atoms with Gasteiger partial charge in [0.2, 0.25) is 0 Å². The molecule has 13 heavy (non-hydrogen) atoms. The Kier molecular flexibility index (Phi) is 4.20. The minimum Gasteiger partial charge on any atom is -0.303 e. The van der Waals surface area contributed by atoms with Crippen LogP contribution in [0, 0.1) is 17.8 Å². The highest BCUT2D eigenvalue weighted by atomic mass is 16.1. The van der Waals surface area contributed by atoms with Crippen molar-refractivity contribution in [2.24, 2.45) is 17.8 Å². The summed E-state index contributed by atoms with van der Waals surface area (Å²) in [6.45, 7) is 4.33. The minimum atomic E-state index is 0.319. The van der Waals surface area contributed by atoms with E-state index in [9.17, 15) is 4.79 Å². The first kappa shape index (κ1) is 10.5. The predicted octanol–water partition coefficient (Wildman–Crippen LogP) is 3.20. The Hall–Kier alpha value is -0.590. The summed E-state index contributed by atoms with van der Waals surface area (Å²) in [5.74, 6) is 1.64. The van der Waals surface area contributed by atoms with Crippen LogP contribution in [0.2, 0.25) is 0 Å². The lowest BCUT2D eigenvalue weighted by atomic mass is 9.72. The molecule has 1 unspecified atom stereocenters. The molecule has 1 saturated carbocycles. The Labute approximate surface area is 81.2 Å². The topological polar surface area (TPSA) is 17.1 Å². The van der Waals surface area contributed by atoms with E-state index in [0.717, 1.165) is 18.8 Å². The predicted molar refractivity (Wildman–Crippen MR) is 55.5 cm³/mol. The molecule has 1 aliphatic carbocycles. The summed E-state index contributed by atoms with van der Waals surface area (Å²) in [7, 11) is 0. The van der Waals surface area contributed by atoms with E-state index in [-0.39, 0.29) is 0 Å². The zero-order valence-electron chi connectivity index (χ0n) is 8.70. The summed E-state index contributed by atoms with van der Waals surface area (Å²) in [6.07, 6.45) is 10.2. The lowest BCUT2D eigenvalue weighted by Crippen LogP contribution is -2.27. The van der Waals surface area contributed by atoms with Gasteiger partial charge >= 0.3 is 0 Å². The lowest BCUT2D eigenvalue weighted by Gasteiger charge is -2.32. The largest absolute Gasteiger partial charge is 0.303 e. The first-order chi connectivity index (χ1) is 6.29. The summed E-state index contributed by atoms with van der Waals surface area (Å²) in [4.78, 5) is 10.9. The van der Waals surface area contributed by atoms with E-state index in [1.54, 1.807) is 0 Å². The fraction of sp³-hybridized carbons (Fsp3) is 0.750. The van der Waals surface area contributed by atoms with Crippen LogP contribution in [0.4, 0.5) is 0 Å². The molecule has 1 aliphatic rings. The minimum absolute atomic E-state index is 0.319. The van der Waals surface area contributed by atoms with E-state index in [1.807, 2.05) is 6.92 Å². The standard InChI is InChI=1S/C12H20O/c1-3-4-8-12-10(2)6-5-7-11(12)9-13/h3-4,9-12H,5-8H2,1-2H3/t10-,11?,12+/m1/s1. The van der Waals surface area contributed by atoms with E-state index in [0.29, 0.717) is 11.8 Å². The summed E-state index contributed by atoms with van der Waals surface area (Å²) in [6, 6.07) is 0. The molecule has 0 aliphatic heterocycles. The van der Waals surface area contributed by atoms with E-state index < -0.39 is 0 Å². The summed E-state index contributed by atoms with van der Waals surface area (Å²) < 4.78 is 0. The van der Waals surface area contributed by atoms with Crippen molar-refractivity contribution in [1.29, 1.82) is 0 Å². The Morgan fingerprint density at radius 1 is 1.38 bits per heavy atom. The maximum atomic E-state index is 10.9. The van der Waals surface area contributed by atoms with Crippen LogP contribution in [0.25, 0.3) is 0 Å². The molecule has 0 aromatic carbocycles. The van der Waals surface area contributed by atoms with Gasteiger partial charge in [0, 0.05) is 5.92 Å². The van der Waals surface area contributed by atoms with Crippen molar-refractivity contribution >= 4 is 6.29 Å². The second-order valence-corrected chi connectivity index (χ2v) is 4.18. The van der Waals surface area contributed by atoms with Crippen molar-refractivity contribution in [3.63, 3.8) is 0 Å². The van der Waals surface area contributed by atoms with Crippen molar-refractivity contribution in [1.82, 2.24) is 0 Å². The number of carbonyl (C=O) groups excluding carboxylic acids is 1. The van der Waals surface area contributed by atoms with Gasteiger partial charge in [-0.05, 0) is 31.6 Å². The van der Waals surface area contributed by atoms with E-state index >= 15 is 0 Å². The SMILES string of the molecule is CC=CC[C@@H]1C(C=O)CCC[C@H]1C. The zero-order valence-corrected chi connectivity index (χ0v) is 8.70. The van der Waals surface area contributed by atoms with Crippen LogP contribution in [0.15, 0.2) is 12.2 Å². The molecule has 1 nitrogen and oxygen atoms in total. The Morgan fingerprint density at radius 3 is 2.77 bits per heavy atom. The highest BCUT2D eigenvalue weighted by Crippen LogP contribution is 2.35. The van der Waals surface area contributed by atoms with Crippen LogP contribution in [0.3, 0.4) is 0 Å². The van der Waals surface area contributed by atoms with E-state index in [4.69, 9.17) is 0 Å². The monoisotopic (exact) mass is 180 g/mol. The summed E-state index contributed by atoms with van der Waals surface area (Å²) in [5, 5.41) is 0. The van der Waals surface area contributed by atoms with E-state index in [1.165, 1.54) is 19.1 Å². The molecule has 1 heteroatoms. The van der Waals surface area contributed by atoms with Gasteiger partial charge in [0.05, 0.1) is 0 Å². The van der Waals surface area contributed by atoms with Gasteiger partial charge in [0.1, 0.15) is 6.29 Å². The molecule has 1 rings (SSSR count). The Balaban J connectivity index is 2.56. The molecular weight excluding hydrogens is 160 g/mol. The number of rotatable bonds is 3. The second kappa shape index (κ2) is 5.21. The molecule has 0 radical (unpaired) electrons. The molecule has 3 atom stereocenters.